The quantitative estimate of drug-likeness (QED) is 0.856. The molecule has 4 nitrogen and oxygen atoms in total. The first-order chi connectivity index (χ1) is 12.2. The van der Waals surface area contributed by atoms with Crippen LogP contribution in [0.15, 0.2) is 42.7 Å². The second kappa shape index (κ2) is 7.22. The Kier molecular flexibility index (Phi) is 4.82. The van der Waals surface area contributed by atoms with E-state index in [-0.39, 0.29) is 0 Å². The van der Waals surface area contributed by atoms with Crippen molar-refractivity contribution in [1.29, 1.82) is 0 Å². The molecule has 2 aromatic rings. The summed E-state index contributed by atoms with van der Waals surface area (Å²) < 4.78 is 0. The maximum Gasteiger partial charge on any atom is 0.0547 e. The van der Waals surface area contributed by atoms with Gasteiger partial charge in [-0.3, -0.25) is 19.8 Å². The van der Waals surface area contributed by atoms with Gasteiger partial charge in [0.05, 0.1) is 5.69 Å². The van der Waals surface area contributed by atoms with E-state index in [0.29, 0.717) is 5.54 Å². The van der Waals surface area contributed by atoms with Crippen molar-refractivity contribution < 1.29 is 0 Å². The first-order valence-electron chi connectivity index (χ1n) is 9.52. The van der Waals surface area contributed by atoms with Gasteiger partial charge in [0.1, 0.15) is 0 Å². The Bertz CT molecular complexity index is 692. The van der Waals surface area contributed by atoms with Crippen LogP contribution in [0.1, 0.15) is 42.6 Å². The molecule has 0 N–H and O–H groups in total. The molecule has 4 heteroatoms. The molecule has 0 radical (unpaired) electrons. The Balaban J connectivity index is 1.38. The summed E-state index contributed by atoms with van der Waals surface area (Å²) in [7, 11) is 0. The lowest BCUT2D eigenvalue weighted by Gasteiger charge is -2.45. The molecule has 132 valence electrons. The van der Waals surface area contributed by atoms with Crippen LogP contribution in [0, 0.1) is 6.92 Å². The summed E-state index contributed by atoms with van der Waals surface area (Å²) in [5.74, 6) is 0. The number of nitrogens with zero attached hydrogens (tertiary/aromatic N) is 4. The van der Waals surface area contributed by atoms with Crippen molar-refractivity contribution in [3.8, 4) is 0 Å². The molecule has 4 rings (SSSR count). The molecule has 2 aromatic heterocycles. The lowest BCUT2D eigenvalue weighted by Crippen LogP contribution is -2.51. The largest absolute Gasteiger partial charge is 0.297 e. The molecule has 2 fully saturated rings. The van der Waals surface area contributed by atoms with Crippen molar-refractivity contribution in [2.24, 2.45) is 0 Å². The van der Waals surface area contributed by atoms with E-state index in [9.17, 15) is 0 Å². The van der Waals surface area contributed by atoms with Crippen molar-refractivity contribution in [1.82, 2.24) is 19.8 Å². The van der Waals surface area contributed by atoms with Gasteiger partial charge < -0.3 is 0 Å². The van der Waals surface area contributed by atoms with Gasteiger partial charge in [-0.2, -0.15) is 0 Å². The van der Waals surface area contributed by atoms with E-state index in [1.165, 1.54) is 56.6 Å². The Morgan fingerprint density at radius 2 is 1.88 bits per heavy atom. The van der Waals surface area contributed by atoms with Crippen LogP contribution in [0.4, 0.5) is 0 Å². The highest BCUT2D eigenvalue weighted by Crippen LogP contribution is 2.39. The zero-order valence-corrected chi connectivity index (χ0v) is 15.2. The summed E-state index contributed by atoms with van der Waals surface area (Å²) in [6, 6.07) is 10.6. The molecule has 0 aromatic carbocycles. The van der Waals surface area contributed by atoms with Crippen molar-refractivity contribution in [3.63, 3.8) is 0 Å². The number of hydrogen-bond acceptors (Lipinski definition) is 4. The summed E-state index contributed by atoms with van der Waals surface area (Å²) >= 11 is 0. The van der Waals surface area contributed by atoms with E-state index in [0.717, 1.165) is 18.8 Å². The number of piperidine rings is 1. The summed E-state index contributed by atoms with van der Waals surface area (Å²) in [4.78, 5) is 14.3. The SMILES string of the molecule is Cc1cccc(CN2CCC3(CCCN3Cc3cccnc3)CC2)n1. The second-order valence-corrected chi connectivity index (χ2v) is 7.66. The topological polar surface area (TPSA) is 32.3 Å². The molecule has 25 heavy (non-hydrogen) atoms. The van der Waals surface area contributed by atoms with Crippen LogP contribution >= 0.6 is 0 Å². The zero-order chi connectivity index (χ0) is 17.1. The zero-order valence-electron chi connectivity index (χ0n) is 15.2. The Labute approximate surface area is 150 Å². The maximum absolute atomic E-state index is 4.67. The highest BCUT2D eigenvalue weighted by Gasteiger charge is 2.42. The van der Waals surface area contributed by atoms with Gasteiger partial charge in [-0.25, -0.2) is 0 Å². The van der Waals surface area contributed by atoms with Gasteiger partial charge in [0.25, 0.3) is 0 Å². The molecule has 0 amide bonds. The average molecular weight is 336 g/mol. The number of hydrogen-bond donors (Lipinski definition) is 0. The van der Waals surface area contributed by atoms with Crippen molar-refractivity contribution in [3.05, 3.63) is 59.7 Å². The summed E-state index contributed by atoms with van der Waals surface area (Å²) in [5.41, 5.74) is 4.07. The molecule has 2 aliphatic heterocycles. The molecule has 2 saturated heterocycles. The van der Waals surface area contributed by atoms with Gasteiger partial charge in [-0.1, -0.05) is 12.1 Å². The molecule has 4 heterocycles. The standard InChI is InChI=1S/C21H28N4/c1-18-5-2-7-20(23-18)17-24-13-9-21(10-14-24)8-4-12-25(21)16-19-6-3-11-22-15-19/h2-3,5-7,11,15H,4,8-10,12-14,16-17H2,1H3. The fourth-order valence-electron chi connectivity index (χ4n) is 4.56. The Morgan fingerprint density at radius 3 is 2.64 bits per heavy atom. The van der Waals surface area contributed by atoms with E-state index >= 15 is 0 Å². The molecule has 1 spiro atoms. The van der Waals surface area contributed by atoms with Crippen LogP contribution in [0.2, 0.25) is 0 Å². The van der Waals surface area contributed by atoms with Crippen LogP contribution < -0.4 is 0 Å². The van der Waals surface area contributed by atoms with E-state index < -0.39 is 0 Å². The lowest BCUT2D eigenvalue weighted by molar-refractivity contribution is 0.0445. The summed E-state index contributed by atoms with van der Waals surface area (Å²) in [6.07, 6.45) is 9.12. The normalized spacial score (nSPS) is 21.0. The smallest absolute Gasteiger partial charge is 0.0547 e. The number of rotatable bonds is 4. The van der Waals surface area contributed by atoms with E-state index in [1.54, 1.807) is 0 Å². The fourth-order valence-corrected chi connectivity index (χ4v) is 4.56. The van der Waals surface area contributed by atoms with E-state index in [4.69, 9.17) is 0 Å². The summed E-state index contributed by atoms with van der Waals surface area (Å²) in [6.45, 7) is 7.70. The first kappa shape index (κ1) is 16.7. The van der Waals surface area contributed by atoms with Gasteiger partial charge >= 0.3 is 0 Å². The predicted molar refractivity (Wildman–Crippen MR) is 100 cm³/mol. The third-order valence-corrected chi connectivity index (χ3v) is 5.96. The molecule has 2 aliphatic rings. The Hall–Kier alpha value is -1.78. The van der Waals surface area contributed by atoms with E-state index in [2.05, 4.69) is 57.0 Å². The van der Waals surface area contributed by atoms with Crippen LogP contribution in [0.5, 0.6) is 0 Å². The van der Waals surface area contributed by atoms with Gasteiger partial charge in [-0.05, 0) is 62.9 Å². The average Bonchev–Trinajstić information content (AvgIpc) is 3.00. The number of pyridine rings is 2. The van der Waals surface area contributed by atoms with Gasteiger partial charge in [0.15, 0.2) is 0 Å². The maximum atomic E-state index is 4.67. The first-order valence-corrected chi connectivity index (χ1v) is 9.52. The second-order valence-electron chi connectivity index (χ2n) is 7.66. The van der Waals surface area contributed by atoms with Gasteiger partial charge in [-0.15, -0.1) is 0 Å². The van der Waals surface area contributed by atoms with Crippen molar-refractivity contribution in [2.75, 3.05) is 19.6 Å². The molecule has 0 saturated carbocycles. The van der Waals surface area contributed by atoms with Gasteiger partial charge in [0, 0.05) is 49.8 Å². The minimum Gasteiger partial charge on any atom is -0.297 e. The van der Waals surface area contributed by atoms with Crippen molar-refractivity contribution in [2.45, 2.75) is 51.2 Å². The molecule has 0 unspecified atom stereocenters. The monoisotopic (exact) mass is 336 g/mol. The van der Waals surface area contributed by atoms with E-state index in [1.807, 2.05) is 12.4 Å². The highest BCUT2D eigenvalue weighted by molar-refractivity contribution is 5.12. The predicted octanol–water partition coefficient (Wildman–Crippen LogP) is 3.42. The number of aromatic nitrogens is 2. The molecule has 0 aliphatic carbocycles. The molecular formula is C21H28N4. The third-order valence-electron chi connectivity index (χ3n) is 5.96. The number of likely N-dealkylation sites (tertiary alicyclic amines) is 2. The van der Waals surface area contributed by atoms with Crippen molar-refractivity contribution >= 4 is 0 Å². The van der Waals surface area contributed by atoms with Crippen LogP contribution in [0.3, 0.4) is 0 Å². The third kappa shape index (κ3) is 3.75. The van der Waals surface area contributed by atoms with Crippen LogP contribution in [-0.4, -0.2) is 44.9 Å². The molecule has 0 bridgehead atoms. The fraction of sp³-hybridized carbons (Fsp3) is 0.524. The minimum atomic E-state index is 0.409. The molecular weight excluding hydrogens is 308 g/mol. The minimum absolute atomic E-state index is 0.409. The highest BCUT2D eigenvalue weighted by atomic mass is 15.3. The van der Waals surface area contributed by atoms with Crippen LogP contribution in [0.25, 0.3) is 0 Å². The number of aryl methyl sites for hydroxylation is 1. The lowest BCUT2D eigenvalue weighted by atomic mass is 9.84. The summed E-state index contributed by atoms with van der Waals surface area (Å²) in [5, 5.41) is 0. The Morgan fingerprint density at radius 1 is 1.00 bits per heavy atom. The van der Waals surface area contributed by atoms with Crippen LogP contribution in [-0.2, 0) is 13.1 Å². The molecule has 0 atom stereocenters. The van der Waals surface area contributed by atoms with Gasteiger partial charge in [0.2, 0.25) is 0 Å².